The molecule has 0 unspecified atom stereocenters. The number of anilines is 1. The molecule has 1 aliphatic rings. The first-order chi connectivity index (χ1) is 11.5. The van der Waals surface area contributed by atoms with E-state index >= 15 is 0 Å². The highest BCUT2D eigenvalue weighted by atomic mass is 32.2. The SMILES string of the molecule is O=S(=O)(N[C@H]1CCCC[C@H]1Nc1ccc(F)cc1)c1ccccc1. The van der Waals surface area contributed by atoms with E-state index in [1.165, 1.54) is 12.1 Å². The smallest absolute Gasteiger partial charge is 0.240 e. The summed E-state index contributed by atoms with van der Waals surface area (Å²) < 4.78 is 41.0. The van der Waals surface area contributed by atoms with E-state index in [0.29, 0.717) is 0 Å². The van der Waals surface area contributed by atoms with Crippen LogP contribution in [0.5, 0.6) is 0 Å². The maximum absolute atomic E-state index is 13.0. The van der Waals surface area contributed by atoms with Gasteiger partial charge in [0.05, 0.1) is 4.90 Å². The number of hydrogen-bond donors (Lipinski definition) is 2. The Morgan fingerprint density at radius 2 is 1.50 bits per heavy atom. The average molecular weight is 348 g/mol. The first-order valence-electron chi connectivity index (χ1n) is 8.14. The monoisotopic (exact) mass is 348 g/mol. The zero-order chi connectivity index (χ0) is 17.0. The summed E-state index contributed by atoms with van der Waals surface area (Å²) in [6.07, 6.45) is 3.69. The Morgan fingerprint density at radius 1 is 0.875 bits per heavy atom. The fourth-order valence-corrected chi connectivity index (χ4v) is 4.40. The first-order valence-corrected chi connectivity index (χ1v) is 9.62. The van der Waals surface area contributed by atoms with Crippen LogP contribution >= 0.6 is 0 Å². The summed E-state index contributed by atoms with van der Waals surface area (Å²) in [5.74, 6) is -0.287. The van der Waals surface area contributed by atoms with E-state index in [-0.39, 0.29) is 22.8 Å². The van der Waals surface area contributed by atoms with Gasteiger partial charge in [0.25, 0.3) is 0 Å². The van der Waals surface area contributed by atoms with Crippen molar-refractivity contribution in [3.05, 3.63) is 60.4 Å². The minimum atomic E-state index is -3.54. The summed E-state index contributed by atoms with van der Waals surface area (Å²) in [5.41, 5.74) is 0.798. The van der Waals surface area contributed by atoms with E-state index in [1.54, 1.807) is 42.5 Å². The Labute approximate surface area is 142 Å². The van der Waals surface area contributed by atoms with Crippen LogP contribution in [0.4, 0.5) is 10.1 Å². The third-order valence-electron chi connectivity index (χ3n) is 4.32. The van der Waals surface area contributed by atoms with Gasteiger partial charge in [-0.25, -0.2) is 17.5 Å². The molecule has 0 amide bonds. The molecule has 0 radical (unpaired) electrons. The predicted molar refractivity (Wildman–Crippen MR) is 92.8 cm³/mol. The molecular formula is C18H21FN2O2S. The zero-order valence-corrected chi connectivity index (χ0v) is 14.1. The molecule has 0 saturated heterocycles. The van der Waals surface area contributed by atoms with Crippen molar-refractivity contribution < 1.29 is 12.8 Å². The van der Waals surface area contributed by atoms with Crippen LogP contribution in [0.1, 0.15) is 25.7 Å². The highest BCUT2D eigenvalue weighted by Gasteiger charge is 2.29. The largest absolute Gasteiger partial charge is 0.381 e. The van der Waals surface area contributed by atoms with Crippen molar-refractivity contribution in [2.75, 3.05) is 5.32 Å². The van der Waals surface area contributed by atoms with Gasteiger partial charge in [0.1, 0.15) is 5.82 Å². The van der Waals surface area contributed by atoms with Crippen LogP contribution in [0, 0.1) is 5.82 Å². The maximum Gasteiger partial charge on any atom is 0.240 e. The lowest BCUT2D eigenvalue weighted by molar-refractivity contribution is 0.378. The van der Waals surface area contributed by atoms with Crippen molar-refractivity contribution in [3.8, 4) is 0 Å². The number of benzene rings is 2. The molecule has 1 aliphatic carbocycles. The molecule has 2 aromatic carbocycles. The van der Waals surface area contributed by atoms with Crippen molar-refractivity contribution in [3.63, 3.8) is 0 Å². The second-order valence-corrected chi connectivity index (χ2v) is 7.80. The Kier molecular flexibility index (Phi) is 5.16. The number of halogens is 1. The van der Waals surface area contributed by atoms with Gasteiger partial charge < -0.3 is 5.32 Å². The molecule has 3 rings (SSSR count). The summed E-state index contributed by atoms with van der Waals surface area (Å²) in [4.78, 5) is 0.274. The normalized spacial score (nSPS) is 21.4. The molecule has 0 aromatic heterocycles. The molecule has 24 heavy (non-hydrogen) atoms. The lowest BCUT2D eigenvalue weighted by Gasteiger charge is -2.33. The van der Waals surface area contributed by atoms with Gasteiger partial charge >= 0.3 is 0 Å². The van der Waals surface area contributed by atoms with Gasteiger partial charge in [-0.15, -0.1) is 0 Å². The molecule has 2 N–H and O–H groups in total. The summed E-state index contributed by atoms with van der Waals surface area (Å²) in [5, 5.41) is 3.34. The molecule has 0 aliphatic heterocycles. The van der Waals surface area contributed by atoms with Crippen LogP contribution in [0.25, 0.3) is 0 Å². The van der Waals surface area contributed by atoms with E-state index in [1.807, 2.05) is 0 Å². The molecule has 128 valence electrons. The molecule has 0 spiro atoms. The van der Waals surface area contributed by atoms with Crippen molar-refractivity contribution in [2.45, 2.75) is 42.7 Å². The Bertz CT molecular complexity index is 763. The third-order valence-corrected chi connectivity index (χ3v) is 5.83. The summed E-state index contributed by atoms with van der Waals surface area (Å²) in [6.45, 7) is 0. The highest BCUT2D eigenvalue weighted by Crippen LogP contribution is 2.24. The standard InChI is InChI=1S/C18H21FN2O2S/c19-14-10-12-15(13-11-14)20-17-8-4-5-9-18(17)21-24(22,23)16-6-2-1-3-7-16/h1-3,6-7,10-13,17-18,20-21H,4-5,8-9H2/t17-,18+/m1/s1. The van der Waals surface area contributed by atoms with Gasteiger partial charge in [-0.2, -0.15) is 0 Å². The molecule has 1 saturated carbocycles. The van der Waals surface area contributed by atoms with E-state index in [0.717, 1.165) is 31.4 Å². The molecule has 4 nitrogen and oxygen atoms in total. The Morgan fingerprint density at radius 3 is 2.17 bits per heavy atom. The number of nitrogens with one attached hydrogen (secondary N) is 2. The van der Waals surface area contributed by atoms with E-state index in [9.17, 15) is 12.8 Å². The fraction of sp³-hybridized carbons (Fsp3) is 0.333. The minimum absolute atomic E-state index is 0.0114. The maximum atomic E-state index is 13.0. The predicted octanol–water partition coefficient (Wildman–Crippen LogP) is 3.53. The van der Waals surface area contributed by atoms with Crippen molar-refractivity contribution in [1.29, 1.82) is 0 Å². The van der Waals surface area contributed by atoms with Crippen molar-refractivity contribution >= 4 is 15.7 Å². The minimum Gasteiger partial charge on any atom is -0.381 e. The van der Waals surface area contributed by atoms with Gasteiger partial charge in [0.2, 0.25) is 10.0 Å². The van der Waals surface area contributed by atoms with Crippen LogP contribution in [0.3, 0.4) is 0 Å². The van der Waals surface area contributed by atoms with E-state index in [4.69, 9.17) is 0 Å². The third kappa shape index (κ3) is 4.13. The number of rotatable bonds is 5. The van der Waals surface area contributed by atoms with Crippen LogP contribution in [-0.4, -0.2) is 20.5 Å². The molecule has 1 fully saturated rings. The zero-order valence-electron chi connectivity index (χ0n) is 13.3. The van der Waals surface area contributed by atoms with Crippen LogP contribution in [-0.2, 0) is 10.0 Å². The Hall–Kier alpha value is -1.92. The van der Waals surface area contributed by atoms with Crippen LogP contribution in [0.15, 0.2) is 59.5 Å². The summed E-state index contributed by atoms with van der Waals surface area (Å²) >= 11 is 0. The van der Waals surface area contributed by atoms with E-state index < -0.39 is 10.0 Å². The molecular weight excluding hydrogens is 327 g/mol. The van der Waals surface area contributed by atoms with Crippen LogP contribution in [0.2, 0.25) is 0 Å². The number of sulfonamides is 1. The quantitative estimate of drug-likeness (QED) is 0.869. The van der Waals surface area contributed by atoms with Gasteiger partial charge in [-0.1, -0.05) is 31.0 Å². The lowest BCUT2D eigenvalue weighted by atomic mass is 9.91. The summed E-state index contributed by atoms with van der Waals surface area (Å²) in [7, 11) is -3.54. The second kappa shape index (κ2) is 7.32. The lowest BCUT2D eigenvalue weighted by Crippen LogP contribution is -2.48. The summed E-state index contributed by atoms with van der Waals surface area (Å²) in [6, 6.07) is 14.3. The second-order valence-electron chi connectivity index (χ2n) is 6.08. The Balaban J connectivity index is 1.74. The topological polar surface area (TPSA) is 58.2 Å². The van der Waals surface area contributed by atoms with Crippen molar-refractivity contribution in [2.24, 2.45) is 0 Å². The molecule has 0 bridgehead atoms. The van der Waals surface area contributed by atoms with E-state index in [2.05, 4.69) is 10.0 Å². The van der Waals surface area contributed by atoms with Gasteiger partial charge in [-0.3, -0.25) is 0 Å². The van der Waals surface area contributed by atoms with Crippen molar-refractivity contribution in [1.82, 2.24) is 4.72 Å². The number of hydrogen-bond acceptors (Lipinski definition) is 3. The highest BCUT2D eigenvalue weighted by molar-refractivity contribution is 7.89. The molecule has 0 heterocycles. The van der Waals surface area contributed by atoms with Gasteiger partial charge in [-0.05, 0) is 49.2 Å². The average Bonchev–Trinajstić information content (AvgIpc) is 2.59. The molecule has 6 heteroatoms. The first kappa shape index (κ1) is 16.9. The van der Waals surface area contributed by atoms with Gasteiger partial charge in [0.15, 0.2) is 0 Å². The van der Waals surface area contributed by atoms with Crippen LogP contribution < -0.4 is 10.0 Å². The fourth-order valence-electron chi connectivity index (χ4n) is 3.07. The van der Waals surface area contributed by atoms with Gasteiger partial charge in [0, 0.05) is 17.8 Å². The molecule has 2 atom stereocenters. The molecule has 2 aromatic rings.